The Balaban J connectivity index is 0.000000241. The van der Waals surface area contributed by atoms with Gasteiger partial charge in [0.15, 0.2) is 5.75 Å². The van der Waals surface area contributed by atoms with E-state index in [2.05, 4.69) is 30.8 Å². The van der Waals surface area contributed by atoms with Crippen molar-refractivity contribution in [2.45, 2.75) is 37.5 Å². The second-order valence-corrected chi connectivity index (χ2v) is 19.4. The summed E-state index contributed by atoms with van der Waals surface area (Å²) in [6, 6.07) is 35.0. The number of phenols is 1. The average Bonchev–Trinajstić information content (AvgIpc) is 3.35. The van der Waals surface area contributed by atoms with E-state index in [1.807, 2.05) is 13.8 Å². The Morgan fingerprint density at radius 3 is 1.61 bits per heavy atom. The molecule has 0 saturated carbocycles. The summed E-state index contributed by atoms with van der Waals surface area (Å²) < 4.78 is 77.6. The van der Waals surface area contributed by atoms with Crippen LogP contribution in [0.15, 0.2) is 169 Å². The van der Waals surface area contributed by atoms with Crippen LogP contribution in [0.4, 0.5) is 34.1 Å². The van der Waals surface area contributed by atoms with E-state index in [1.54, 1.807) is 111 Å². The minimum absolute atomic E-state index is 0. The Kier molecular flexibility index (Phi) is 19.3. The van der Waals surface area contributed by atoms with Crippen molar-refractivity contribution in [3.8, 4) is 23.0 Å². The number of aryl methyl sites for hydroxylation is 2. The molecular formula is C52H42BaCl2N6O12S2. The van der Waals surface area contributed by atoms with E-state index in [0.717, 1.165) is 12.1 Å². The van der Waals surface area contributed by atoms with E-state index in [0.29, 0.717) is 68.8 Å². The van der Waals surface area contributed by atoms with Gasteiger partial charge in [-0.05, 0) is 110 Å². The number of anilines is 1. The first-order chi connectivity index (χ1) is 35.2. The fraction of sp³-hybridized carbons (Fsp3) is 0.115. The SMILES string of the molecule is CCOc1cccc(N=C([O-])c2cc3ccccc3c(N=Nc3c(S(=O)(=O)O)ccc(C)c3Cl)c2[O-])c1.CCOc1cccc(NC(=O)c2cc3ccccc3c(N=Nc3c(S(=O)(=O)O)ccc(C)c3Cl)c2O)c1.[Ba+2]. The molecule has 0 aliphatic heterocycles. The van der Waals surface area contributed by atoms with E-state index in [-0.39, 0.29) is 92.8 Å². The van der Waals surface area contributed by atoms with Crippen molar-refractivity contribution >= 4 is 160 Å². The predicted molar refractivity (Wildman–Crippen MR) is 284 cm³/mol. The van der Waals surface area contributed by atoms with Gasteiger partial charge >= 0.3 is 48.9 Å². The van der Waals surface area contributed by atoms with Crippen molar-refractivity contribution in [2.24, 2.45) is 25.4 Å². The molecular weight excluding hydrogens is 1170 g/mol. The van der Waals surface area contributed by atoms with Gasteiger partial charge < -0.3 is 30.1 Å². The minimum Gasteiger partial charge on any atom is -0.871 e. The zero-order chi connectivity index (χ0) is 53.5. The van der Waals surface area contributed by atoms with Gasteiger partial charge in [-0.1, -0.05) is 102 Å². The molecule has 8 rings (SSSR count). The largest absolute Gasteiger partial charge is 2.00 e. The average molecular weight is 1220 g/mol. The number of hydrogen-bond donors (Lipinski definition) is 4. The molecule has 0 heterocycles. The van der Waals surface area contributed by atoms with E-state index < -0.39 is 53.3 Å². The molecule has 0 bridgehead atoms. The first-order valence-electron chi connectivity index (χ1n) is 22.1. The Morgan fingerprint density at radius 1 is 0.613 bits per heavy atom. The molecule has 0 unspecified atom stereocenters. The van der Waals surface area contributed by atoms with E-state index in [4.69, 9.17) is 32.7 Å². The maximum absolute atomic E-state index is 13.4. The first-order valence-corrected chi connectivity index (χ1v) is 25.7. The van der Waals surface area contributed by atoms with Crippen molar-refractivity contribution < 1.29 is 55.5 Å². The number of rotatable bonds is 14. The number of carbonyl (C=O) groups is 1. The summed E-state index contributed by atoms with van der Waals surface area (Å²) in [4.78, 5) is 16.1. The third-order valence-electron chi connectivity index (χ3n) is 10.8. The Hall–Kier alpha value is -6.41. The number of nitrogens with one attached hydrogen (secondary N) is 1. The summed E-state index contributed by atoms with van der Waals surface area (Å²) in [5.41, 5.74) is 0.485. The number of aliphatic imine (C=N–C) groups is 1. The summed E-state index contributed by atoms with van der Waals surface area (Å²) in [6.45, 7) is 7.81. The van der Waals surface area contributed by atoms with Gasteiger partial charge in [0.05, 0.1) is 40.2 Å². The molecule has 1 amide bonds. The molecule has 8 aromatic carbocycles. The zero-order valence-electron chi connectivity index (χ0n) is 40.1. The van der Waals surface area contributed by atoms with Crippen LogP contribution in [-0.2, 0) is 20.2 Å². The number of azo groups is 2. The fourth-order valence-corrected chi connectivity index (χ4v) is 9.04. The molecule has 0 radical (unpaired) electrons. The van der Waals surface area contributed by atoms with Crippen molar-refractivity contribution in [2.75, 3.05) is 18.5 Å². The van der Waals surface area contributed by atoms with Crippen molar-refractivity contribution in [3.05, 3.63) is 166 Å². The van der Waals surface area contributed by atoms with Gasteiger partial charge in [0, 0.05) is 28.6 Å². The number of nitrogens with zero attached hydrogens (tertiary/aromatic N) is 5. The molecule has 0 aliphatic rings. The summed E-state index contributed by atoms with van der Waals surface area (Å²) in [5.74, 6) is -1.54. The van der Waals surface area contributed by atoms with Crippen LogP contribution < -0.4 is 25.0 Å². The zero-order valence-corrected chi connectivity index (χ0v) is 47.7. The number of hydrogen-bond acceptors (Lipinski definition) is 15. The Labute approximate surface area is 481 Å². The summed E-state index contributed by atoms with van der Waals surface area (Å²) >= 11 is 12.5. The van der Waals surface area contributed by atoms with Gasteiger partial charge in [0.1, 0.15) is 38.4 Å². The van der Waals surface area contributed by atoms with Crippen LogP contribution >= 0.6 is 23.2 Å². The molecule has 0 saturated heterocycles. The molecule has 0 aliphatic carbocycles. The number of fused-ring (bicyclic) bond motifs is 2. The second kappa shape index (κ2) is 25.0. The number of halogens is 2. The molecule has 0 aromatic heterocycles. The number of aromatic hydroxyl groups is 1. The quantitative estimate of drug-likeness (QED) is 0.0260. The Bertz CT molecular complexity index is 3830. The predicted octanol–water partition coefficient (Wildman–Crippen LogP) is 11.8. The van der Waals surface area contributed by atoms with Crippen LogP contribution in [0.5, 0.6) is 23.0 Å². The number of benzene rings is 8. The van der Waals surface area contributed by atoms with Crippen LogP contribution in [0, 0.1) is 13.8 Å². The van der Waals surface area contributed by atoms with Gasteiger partial charge in [-0.15, -0.1) is 15.3 Å². The molecule has 8 aromatic rings. The summed E-state index contributed by atoms with van der Waals surface area (Å²) in [7, 11) is -9.36. The van der Waals surface area contributed by atoms with Crippen LogP contribution in [0.3, 0.4) is 0 Å². The molecule has 0 fully saturated rings. The monoisotopic (exact) mass is 1210 g/mol. The van der Waals surface area contributed by atoms with Gasteiger partial charge in [0.25, 0.3) is 26.1 Å². The van der Waals surface area contributed by atoms with E-state index >= 15 is 0 Å². The number of amides is 1. The minimum atomic E-state index is -4.69. The normalized spacial score (nSPS) is 11.9. The van der Waals surface area contributed by atoms with Gasteiger partial charge in [-0.3, -0.25) is 18.9 Å². The molecule has 4 N–H and O–H groups in total. The molecule has 0 spiro atoms. The topological polar surface area (TPSA) is 284 Å². The van der Waals surface area contributed by atoms with Crippen LogP contribution in [-0.4, -0.2) is 105 Å². The third-order valence-corrected chi connectivity index (χ3v) is 13.5. The third kappa shape index (κ3) is 13.7. The van der Waals surface area contributed by atoms with Crippen LogP contribution in [0.25, 0.3) is 21.5 Å². The molecule has 0 atom stereocenters. The van der Waals surface area contributed by atoms with Crippen molar-refractivity contribution in [1.82, 2.24) is 0 Å². The summed E-state index contributed by atoms with van der Waals surface area (Å²) in [6.07, 6.45) is 0. The second-order valence-electron chi connectivity index (χ2n) is 15.9. The van der Waals surface area contributed by atoms with E-state index in [1.165, 1.54) is 24.3 Å². The molecule has 75 heavy (non-hydrogen) atoms. The maximum atomic E-state index is 13.4. The van der Waals surface area contributed by atoms with Gasteiger partial charge in [0.2, 0.25) is 0 Å². The van der Waals surface area contributed by atoms with Crippen molar-refractivity contribution in [1.29, 1.82) is 0 Å². The van der Waals surface area contributed by atoms with Gasteiger partial charge in [-0.2, -0.15) is 21.9 Å². The number of phenolic OH excluding ortho intramolecular Hbond substituents is 1. The smallest absolute Gasteiger partial charge is 0.871 e. The van der Waals surface area contributed by atoms with Crippen molar-refractivity contribution in [3.63, 3.8) is 0 Å². The fourth-order valence-electron chi connectivity index (χ4n) is 7.27. The molecule has 23 heteroatoms. The first kappa shape index (κ1) is 57.9. The molecule has 18 nitrogen and oxygen atoms in total. The van der Waals surface area contributed by atoms with Crippen LogP contribution in [0.2, 0.25) is 10.0 Å². The Morgan fingerprint density at radius 2 is 1.08 bits per heavy atom. The molecule has 380 valence electrons. The van der Waals surface area contributed by atoms with Gasteiger partial charge in [-0.25, -0.2) is 0 Å². The number of ether oxygens (including phenoxy) is 2. The maximum Gasteiger partial charge on any atom is 2.00 e. The van der Waals surface area contributed by atoms with E-state index in [9.17, 15) is 46.1 Å². The number of carbonyl (C=O) groups excluding carboxylic acids is 1. The standard InChI is InChI=1S/2C26H22ClN3O6S.Ba/c2*1-3-36-18-9-6-8-17(14-18)28-26(32)20-13-16-7-4-5-10-19(16)23(25(20)31)29-30-24-21(37(33,34)35)12-11-15(2)22(24)27;/h2*4-14,31H,3H2,1-2H3,(H,28,32)(H,33,34,35);/q;;+2/p-2. The summed E-state index contributed by atoms with van der Waals surface area (Å²) in [5, 5.41) is 58.0. The van der Waals surface area contributed by atoms with Crippen LogP contribution in [0.1, 0.15) is 40.9 Å².